The van der Waals surface area contributed by atoms with E-state index in [1.165, 1.54) is 6.08 Å². The van der Waals surface area contributed by atoms with E-state index >= 15 is 0 Å². The van der Waals surface area contributed by atoms with Crippen molar-refractivity contribution in [2.24, 2.45) is 0 Å². The zero-order valence-electron chi connectivity index (χ0n) is 6.66. The highest BCUT2D eigenvalue weighted by Gasteiger charge is 1.93. The maximum absolute atomic E-state index is 10.2. The number of nitrogens with one attached hydrogen (secondary N) is 1. The van der Waals surface area contributed by atoms with Gasteiger partial charge in [0.15, 0.2) is 0 Å². The molecule has 0 spiro atoms. The lowest BCUT2D eigenvalue weighted by Gasteiger charge is -1.97. The average molecular weight is 165 g/mol. The normalized spacial score (nSPS) is 11.2. The fourth-order valence-corrected chi connectivity index (χ4v) is 0.522. The highest BCUT2D eigenvalue weighted by Crippen LogP contribution is 1.90. The largest absolute Gasteiger partial charge is 0.465 e. The lowest BCUT2D eigenvalue weighted by Crippen LogP contribution is -2.18. The first-order chi connectivity index (χ1) is 5.70. The molecule has 0 saturated heterocycles. The predicted octanol–water partition coefficient (Wildman–Crippen LogP) is 2.07. The highest BCUT2D eigenvalue weighted by atomic mass is 16.4. The molecule has 0 rings (SSSR count). The summed E-state index contributed by atoms with van der Waals surface area (Å²) in [5, 5.41) is 10.5. The minimum atomic E-state index is -1.10. The summed E-state index contributed by atoms with van der Waals surface area (Å²) in [4.78, 5) is 10.2. The van der Waals surface area contributed by atoms with E-state index in [0.717, 1.165) is 0 Å². The van der Waals surface area contributed by atoms with Gasteiger partial charge in [0.2, 0.25) is 0 Å². The van der Waals surface area contributed by atoms with Crippen LogP contribution in [0.15, 0.2) is 49.2 Å². The van der Waals surface area contributed by atoms with Gasteiger partial charge in [-0.2, -0.15) is 0 Å². The van der Waals surface area contributed by atoms with Gasteiger partial charge in [0.05, 0.1) is 0 Å². The molecule has 0 aliphatic heterocycles. The second-order valence-corrected chi connectivity index (χ2v) is 1.88. The zero-order valence-corrected chi connectivity index (χ0v) is 6.66. The third-order valence-corrected chi connectivity index (χ3v) is 0.994. The van der Waals surface area contributed by atoms with E-state index in [1.807, 2.05) is 0 Å². The van der Waals surface area contributed by atoms with E-state index in [2.05, 4.69) is 18.5 Å². The molecular formula is C9H11NO2. The summed E-state index contributed by atoms with van der Waals surface area (Å²) in [7, 11) is 0. The van der Waals surface area contributed by atoms with Crippen molar-refractivity contribution < 1.29 is 9.90 Å². The summed E-state index contributed by atoms with van der Waals surface area (Å²) in [5.41, 5.74) is 0.431. The fraction of sp³-hybridized carbons (Fsp3) is 0. The van der Waals surface area contributed by atoms with Gasteiger partial charge in [-0.1, -0.05) is 31.4 Å². The zero-order chi connectivity index (χ0) is 9.40. The Morgan fingerprint density at radius 3 is 2.42 bits per heavy atom. The van der Waals surface area contributed by atoms with Gasteiger partial charge in [-0.3, -0.25) is 5.32 Å². The van der Waals surface area contributed by atoms with Crippen molar-refractivity contribution in [3.8, 4) is 0 Å². The smallest absolute Gasteiger partial charge is 0.409 e. The van der Waals surface area contributed by atoms with Crippen molar-refractivity contribution in [3.63, 3.8) is 0 Å². The first kappa shape index (κ1) is 10.2. The van der Waals surface area contributed by atoms with Gasteiger partial charge >= 0.3 is 6.09 Å². The van der Waals surface area contributed by atoms with Crippen LogP contribution in [-0.4, -0.2) is 11.2 Å². The Morgan fingerprint density at radius 1 is 1.33 bits per heavy atom. The summed E-state index contributed by atoms with van der Waals surface area (Å²) >= 11 is 0. The van der Waals surface area contributed by atoms with Gasteiger partial charge in [-0.25, -0.2) is 4.79 Å². The van der Waals surface area contributed by atoms with E-state index in [4.69, 9.17) is 5.11 Å². The number of amides is 1. The van der Waals surface area contributed by atoms with Crippen LogP contribution in [0, 0.1) is 0 Å². The Hall–Kier alpha value is -1.77. The first-order valence-corrected chi connectivity index (χ1v) is 3.32. The molecule has 0 saturated carbocycles. The van der Waals surface area contributed by atoms with Gasteiger partial charge in [-0.05, 0) is 12.2 Å². The van der Waals surface area contributed by atoms with Gasteiger partial charge < -0.3 is 5.11 Å². The Labute approximate surface area is 71.4 Å². The molecule has 2 N–H and O–H groups in total. The quantitative estimate of drug-likeness (QED) is 0.626. The third-order valence-electron chi connectivity index (χ3n) is 0.994. The topological polar surface area (TPSA) is 49.3 Å². The van der Waals surface area contributed by atoms with Crippen LogP contribution < -0.4 is 5.32 Å². The molecule has 3 nitrogen and oxygen atoms in total. The molecule has 3 heteroatoms. The van der Waals surface area contributed by atoms with Crippen molar-refractivity contribution in [1.29, 1.82) is 0 Å². The summed E-state index contributed by atoms with van der Waals surface area (Å²) in [6.07, 6.45) is 6.85. The molecule has 0 aromatic heterocycles. The minimum Gasteiger partial charge on any atom is -0.465 e. The van der Waals surface area contributed by atoms with Crippen LogP contribution in [0.3, 0.4) is 0 Å². The van der Waals surface area contributed by atoms with Gasteiger partial charge in [-0.15, -0.1) is 0 Å². The average Bonchev–Trinajstić information content (AvgIpc) is 2.02. The molecule has 1 amide bonds. The standard InChI is InChI=1S/C9H11NO2/c1-3-5-6-7-8(4-2)10-9(11)12/h3-7,10H,1-2H2,(H,11,12)/b6-5-,8-7+. The molecule has 0 bridgehead atoms. The molecule has 0 atom stereocenters. The molecule has 0 aliphatic carbocycles. The van der Waals surface area contributed by atoms with E-state index in [0.29, 0.717) is 5.70 Å². The van der Waals surface area contributed by atoms with Crippen LogP contribution in [0.1, 0.15) is 0 Å². The Balaban J connectivity index is 4.22. The summed E-state index contributed by atoms with van der Waals surface area (Å²) in [6, 6.07) is 0. The Kier molecular flexibility index (Phi) is 5.09. The van der Waals surface area contributed by atoms with E-state index < -0.39 is 6.09 Å². The molecule has 0 fully saturated rings. The molecule has 0 unspecified atom stereocenters. The molecule has 0 radical (unpaired) electrons. The Bertz CT molecular complexity index is 239. The molecule has 0 aromatic rings. The summed E-state index contributed by atoms with van der Waals surface area (Å²) in [6.45, 7) is 6.90. The fourth-order valence-electron chi connectivity index (χ4n) is 0.522. The van der Waals surface area contributed by atoms with Gasteiger partial charge in [0.1, 0.15) is 0 Å². The maximum atomic E-state index is 10.2. The van der Waals surface area contributed by atoms with E-state index in [-0.39, 0.29) is 0 Å². The minimum absolute atomic E-state index is 0.431. The van der Waals surface area contributed by atoms with Crippen molar-refractivity contribution in [2.45, 2.75) is 0 Å². The monoisotopic (exact) mass is 165 g/mol. The van der Waals surface area contributed by atoms with Crippen molar-refractivity contribution in [1.82, 2.24) is 5.32 Å². The SMILES string of the molecule is C=C/C=C\C=C(/C=C)NC(=O)O. The van der Waals surface area contributed by atoms with E-state index in [9.17, 15) is 4.79 Å². The molecule has 0 aromatic carbocycles. The van der Waals surface area contributed by atoms with Gasteiger partial charge in [0.25, 0.3) is 0 Å². The van der Waals surface area contributed by atoms with E-state index in [1.54, 1.807) is 24.3 Å². The van der Waals surface area contributed by atoms with Crippen LogP contribution in [0.5, 0.6) is 0 Å². The number of carboxylic acid groups (broad SMARTS) is 1. The lowest BCUT2D eigenvalue weighted by molar-refractivity contribution is 0.198. The number of rotatable bonds is 4. The summed E-state index contributed by atoms with van der Waals surface area (Å²) in [5.74, 6) is 0. The second kappa shape index (κ2) is 5.97. The first-order valence-electron chi connectivity index (χ1n) is 3.32. The highest BCUT2D eigenvalue weighted by molar-refractivity contribution is 5.67. The lowest BCUT2D eigenvalue weighted by atomic mass is 10.3. The molecule has 0 heterocycles. The summed E-state index contributed by atoms with van der Waals surface area (Å²) < 4.78 is 0. The van der Waals surface area contributed by atoms with Crippen molar-refractivity contribution >= 4 is 6.09 Å². The van der Waals surface area contributed by atoms with Gasteiger partial charge in [0, 0.05) is 5.70 Å². The molecule has 64 valence electrons. The third kappa shape index (κ3) is 5.05. The number of hydrogen-bond donors (Lipinski definition) is 2. The second-order valence-electron chi connectivity index (χ2n) is 1.88. The van der Waals surface area contributed by atoms with Crippen LogP contribution in [-0.2, 0) is 0 Å². The Morgan fingerprint density at radius 2 is 2.00 bits per heavy atom. The molecule has 0 aliphatic rings. The molecular weight excluding hydrogens is 154 g/mol. The number of hydrogen-bond acceptors (Lipinski definition) is 1. The predicted molar refractivity (Wildman–Crippen MR) is 48.8 cm³/mol. The molecule has 12 heavy (non-hydrogen) atoms. The van der Waals surface area contributed by atoms with Crippen LogP contribution in [0.2, 0.25) is 0 Å². The number of carbonyl (C=O) groups is 1. The van der Waals surface area contributed by atoms with Crippen LogP contribution in [0.25, 0.3) is 0 Å². The van der Waals surface area contributed by atoms with Crippen molar-refractivity contribution in [2.75, 3.05) is 0 Å². The van der Waals surface area contributed by atoms with Crippen LogP contribution >= 0.6 is 0 Å². The number of allylic oxidation sites excluding steroid dienone is 5. The maximum Gasteiger partial charge on any atom is 0.409 e. The van der Waals surface area contributed by atoms with Crippen LogP contribution in [0.4, 0.5) is 4.79 Å². The van der Waals surface area contributed by atoms with Crippen molar-refractivity contribution in [3.05, 3.63) is 49.2 Å².